The summed E-state index contributed by atoms with van der Waals surface area (Å²) in [5.41, 5.74) is 2.49. The first-order valence-electron chi connectivity index (χ1n) is 8.47. The molecular weight excluding hydrogens is 362 g/mol. The third-order valence-electron chi connectivity index (χ3n) is 4.06. The van der Waals surface area contributed by atoms with Gasteiger partial charge in [-0.2, -0.15) is 0 Å². The van der Waals surface area contributed by atoms with Crippen molar-refractivity contribution in [3.8, 4) is 22.2 Å². The zero-order valence-corrected chi connectivity index (χ0v) is 16.2. The maximum absolute atomic E-state index is 12.4. The molecule has 0 fully saturated rings. The third kappa shape index (κ3) is 4.62. The molecule has 0 spiro atoms. The van der Waals surface area contributed by atoms with Gasteiger partial charge in [0, 0.05) is 11.6 Å². The molecule has 0 aliphatic rings. The number of hydrogen-bond acceptors (Lipinski definition) is 6. The van der Waals surface area contributed by atoms with Gasteiger partial charge in [0.2, 0.25) is 5.91 Å². The van der Waals surface area contributed by atoms with Crippen molar-refractivity contribution in [3.63, 3.8) is 0 Å². The molecule has 27 heavy (non-hydrogen) atoms. The van der Waals surface area contributed by atoms with E-state index in [-0.39, 0.29) is 18.4 Å². The Hall–Kier alpha value is -2.93. The lowest BCUT2D eigenvalue weighted by molar-refractivity contribution is -0.121. The van der Waals surface area contributed by atoms with Crippen LogP contribution in [0.4, 0.5) is 0 Å². The van der Waals surface area contributed by atoms with E-state index in [2.05, 4.69) is 15.3 Å². The summed E-state index contributed by atoms with van der Waals surface area (Å²) in [7, 11) is 3.18. The smallest absolute Gasteiger partial charge is 0.226 e. The van der Waals surface area contributed by atoms with Gasteiger partial charge in [0.1, 0.15) is 5.01 Å². The molecule has 0 radical (unpaired) electrons. The number of carbonyl (C=O) groups is 1. The topological polar surface area (TPSA) is 73.3 Å². The Morgan fingerprint density at radius 2 is 2.00 bits per heavy atom. The first-order valence-corrected chi connectivity index (χ1v) is 9.35. The van der Waals surface area contributed by atoms with Crippen LogP contribution in [0.5, 0.6) is 11.5 Å². The number of aromatic nitrogens is 2. The second-order valence-corrected chi connectivity index (χ2v) is 6.80. The van der Waals surface area contributed by atoms with Crippen LogP contribution in [0.15, 0.2) is 48.0 Å². The van der Waals surface area contributed by atoms with Gasteiger partial charge in [-0.3, -0.25) is 9.78 Å². The molecule has 7 heteroatoms. The van der Waals surface area contributed by atoms with Gasteiger partial charge < -0.3 is 14.8 Å². The van der Waals surface area contributed by atoms with Crippen LogP contribution in [0.25, 0.3) is 10.7 Å². The van der Waals surface area contributed by atoms with Crippen LogP contribution in [0.3, 0.4) is 0 Å². The Morgan fingerprint density at radius 1 is 1.19 bits per heavy atom. The second kappa shape index (κ2) is 8.64. The van der Waals surface area contributed by atoms with E-state index in [0.717, 1.165) is 22.0 Å². The minimum Gasteiger partial charge on any atom is -0.493 e. The Balaban J connectivity index is 1.63. The first-order chi connectivity index (χ1) is 13.1. The number of nitrogens with one attached hydrogen (secondary N) is 1. The summed E-state index contributed by atoms with van der Waals surface area (Å²) in [5.74, 6) is 1.20. The maximum atomic E-state index is 12.4. The van der Waals surface area contributed by atoms with Gasteiger partial charge in [-0.25, -0.2) is 4.98 Å². The quantitative estimate of drug-likeness (QED) is 0.674. The van der Waals surface area contributed by atoms with Crippen molar-refractivity contribution in [1.29, 1.82) is 0 Å². The number of methoxy groups -OCH3 is 2. The van der Waals surface area contributed by atoms with E-state index < -0.39 is 0 Å². The fourth-order valence-corrected chi connectivity index (χ4v) is 3.45. The molecular formula is C20H21N3O3S. The van der Waals surface area contributed by atoms with Crippen molar-refractivity contribution < 1.29 is 14.3 Å². The molecule has 0 saturated carbocycles. The summed E-state index contributed by atoms with van der Waals surface area (Å²) in [4.78, 5) is 21.2. The highest BCUT2D eigenvalue weighted by atomic mass is 32.1. The van der Waals surface area contributed by atoms with Gasteiger partial charge in [0.05, 0.1) is 38.1 Å². The molecule has 2 heterocycles. The lowest BCUT2D eigenvalue weighted by Gasteiger charge is -2.16. The Morgan fingerprint density at radius 3 is 2.70 bits per heavy atom. The molecule has 0 aliphatic heterocycles. The van der Waals surface area contributed by atoms with Crippen LogP contribution in [0, 0.1) is 0 Å². The number of carbonyl (C=O) groups excluding carboxylic acids is 1. The Bertz CT molecular complexity index is 912. The molecule has 1 unspecified atom stereocenters. The van der Waals surface area contributed by atoms with Gasteiger partial charge in [-0.1, -0.05) is 12.1 Å². The van der Waals surface area contributed by atoms with E-state index in [4.69, 9.17) is 9.47 Å². The van der Waals surface area contributed by atoms with Gasteiger partial charge in [0.25, 0.3) is 0 Å². The fourth-order valence-electron chi connectivity index (χ4n) is 2.66. The summed E-state index contributed by atoms with van der Waals surface area (Å²) < 4.78 is 10.6. The van der Waals surface area contributed by atoms with E-state index in [0.29, 0.717) is 11.5 Å². The molecule has 3 aromatic rings. The van der Waals surface area contributed by atoms with Crippen LogP contribution in [-0.2, 0) is 11.2 Å². The monoisotopic (exact) mass is 383 g/mol. The van der Waals surface area contributed by atoms with E-state index in [1.807, 2.05) is 48.7 Å². The molecule has 1 amide bonds. The molecule has 1 N–H and O–H groups in total. The zero-order chi connectivity index (χ0) is 19.2. The van der Waals surface area contributed by atoms with Crippen molar-refractivity contribution in [3.05, 3.63) is 59.2 Å². The maximum Gasteiger partial charge on any atom is 0.226 e. The van der Waals surface area contributed by atoms with Crippen LogP contribution in [0.2, 0.25) is 0 Å². The number of rotatable bonds is 7. The number of nitrogens with zero attached hydrogens (tertiary/aromatic N) is 2. The zero-order valence-electron chi connectivity index (χ0n) is 15.4. The number of ether oxygens (including phenoxy) is 2. The average molecular weight is 383 g/mol. The average Bonchev–Trinajstić information content (AvgIpc) is 3.16. The highest BCUT2D eigenvalue weighted by molar-refractivity contribution is 7.13. The van der Waals surface area contributed by atoms with Gasteiger partial charge in [-0.05, 0) is 36.8 Å². The lowest BCUT2D eigenvalue weighted by atomic mass is 10.1. The number of amides is 1. The summed E-state index contributed by atoms with van der Waals surface area (Å²) in [6.07, 6.45) is 1.95. The van der Waals surface area contributed by atoms with Crippen LogP contribution in [-0.4, -0.2) is 30.1 Å². The summed E-state index contributed by atoms with van der Waals surface area (Å²) in [5, 5.41) is 5.70. The molecule has 6 nitrogen and oxygen atoms in total. The molecule has 3 rings (SSSR count). The number of hydrogen-bond donors (Lipinski definition) is 1. The minimum atomic E-state index is -0.161. The molecule has 0 saturated heterocycles. The van der Waals surface area contributed by atoms with Crippen molar-refractivity contribution in [2.75, 3.05) is 14.2 Å². The van der Waals surface area contributed by atoms with E-state index >= 15 is 0 Å². The highest BCUT2D eigenvalue weighted by Gasteiger charge is 2.15. The minimum absolute atomic E-state index is 0.0878. The number of benzene rings is 1. The van der Waals surface area contributed by atoms with Crippen LogP contribution >= 0.6 is 11.3 Å². The molecule has 1 atom stereocenters. The largest absolute Gasteiger partial charge is 0.493 e. The van der Waals surface area contributed by atoms with Crippen LogP contribution < -0.4 is 14.8 Å². The Kier molecular flexibility index (Phi) is 6.03. The molecule has 140 valence electrons. The number of pyridine rings is 1. The van der Waals surface area contributed by atoms with Crippen molar-refractivity contribution in [1.82, 2.24) is 15.3 Å². The SMILES string of the molecule is COc1ccc(C(C)NC(=O)Cc2csc(-c3ccccn3)n2)cc1OC. The highest BCUT2D eigenvalue weighted by Crippen LogP contribution is 2.30. The van der Waals surface area contributed by atoms with Gasteiger partial charge >= 0.3 is 0 Å². The van der Waals surface area contributed by atoms with E-state index in [9.17, 15) is 4.79 Å². The van der Waals surface area contributed by atoms with Crippen molar-refractivity contribution in [2.45, 2.75) is 19.4 Å². The molecule has 0 bridgehead atoms. The normalized spacial score (nSPS) is 11.7. The third-order valence-corrected chi connectivity index (χ3v) is 4.98. The first kappa shape index (κ1) is 18.8. The van der Waals surface area contributed by atoms with E-state index in [1.165, 1.54) is 11.3 Å². The fraction of sp³-hybridized carbons (Fsp3) is 0.250. The molecule has 1 aromatic carbocycles. The molecule has 2 aromatic heterocycles. The summed E-state index contributed by atoms with van der Waals surface area (Å²) in [6.45, 7) is 1.93. The second-order valence-electron chi connectivity index (χ2n) is 5.94. The lowest BCUT2D eigenvalue weighted by Crippen LogP contribution is -2.28. The number of thiazole rings is 1. The predicted molar refractivity (Wildman–Crippen MR) is 105 cm³/mol. The standard InChI is InChI=1S/C20H21N3O3S/c1-13(14-7-8-17(25-2)18(10-14)26-3)22-19(24)11-15-12-27-20(23-15)16-6-4-5-9-21-16/h4-10,12-13H,11H2,1-3H3,(H,22,24). The van der Waals surface area contributed by atoms with E-state index in [1.54, 1.807) is 20.4 Å². The predicted octanol–water partition coefficient (Wildman–Crippen LogP) is 3.64. The van der Waals surface area contributed by atoms with Crippen molar-refractivity contribution in [2.24, 2.45) is 0 Å². The summed E-state index contributed by atoms with van der Waals surface area (Å²) >= 11 is 1.48. The summed E-state index contributed by atoms with van der Waals surface area (Å²) in [6, 6.07) is 11.1. The molecule has 0 aliphatic carbocycles. The van der Waals surface area contributed by atoms with Crippen LogP contribution in [0.1, 0.15) is 24.2 Å². The Labute approximate surface area is 162 Å². The van der Waals surface area contributed by atoms with Gasteiger partial charge in [0.15, 0.2) is 11.5 Å². The van der Waals surface area contributed by atoms with Gasteiger partial charge in [-0.15, -0.1) is 11.3 Å². The van der Waals surface area contributed by atoms with Crippen molar-refractivity contribution >= 4 is 17.2 Å².